The highest BCUT2D eigenvalue weighted by molar-refractivity contribution is 5.89. The zero-order chi connectivity index (χ0) is 12.5. The van der Waals surface area contributed by atoms with Crippen molar-refractivity contribution in [3.8, 4) is 0 Å². The summed E-state index contributed by atoms with van der Waals surface area (Å²) in [6.45, 7) is 3.09. The maximum Gasteiger partial charge on any atom is 0.338 e. The molecule has 3 nitrogen and oxygen atoms in total. The van der Waals surface area contributed by atoms with Crippen molar-refractivity contribution in [3.05, 3.63) is 35.6 Å². The molecule has 0 aliphatic carbocycles. The average Bonchev–Trinajstić information content (AvgIpc) is 2.41. The second kappa shape index (κ2) is 4.69. The van der Waals surface area contributed by atoms with Gasteiger partial charge in [-0.05, 0) is 56.1 Å². The topological polar surface area (TPSA) is 29.5 Å². The molecule has 3 saturated heterocycles. The molecule has 0 aromatic heterocycles. The molecule has 1 aromatic carbocycles. The Morgan fingerprint density at radius 1 is 1.22 bits per heavy atom. The first kappa shape index (κ1) is 11.7. The van der Waals surface area contributed by atoms with Crippen LogP contribution in [-0.4, -0.2) is 36.6 Å². The van der Waals surface area contributed by atoms with Crippen LogP contribution in [0.1, 0.15) is 23.2 Å². The molecular formula is C14H16FNO2. The molecule has 18 heavy (non-hydrogen) atoms. The van der Waals surface area contributed by atoms with Crippen LogP contribution in [0.4, 0.5) is 4.39 Å². The van der Waals surface area contributed by atoms with Crippen LogP contribution in [0.2, 0.25) is 0 Å². The summed E-state index contributed by atoms with van der Waals surface area (Å²) in [7, 11) is 0. The van der Waals surface area contributed by atoms with Gasteiger partial charge in [-0.3, -0.25) is 4.90 Å². The van der Waals surface area contributed by atoms with Crippen LogP contribution in [0.25, 0.3) is 0 Å². The van der Waals surface area contributed by atoms with Gasteiger partial charge in [0.05, 0.1) is 5.56 Å². The number of hydrogen-bond acceptors (Lipinski definition) is 3. The number of carbonyl (C=O) groups is 1. The minimum Gasteiger partial charge on any atom is -0.457 e. The summed E-state index contributed by atoms with van der Waals surface area (Å²) in [5.41, 5.74) is 0.424. The molecule has 2 bridgehead atoms. The molecule has 4 rings (SSSR count). The Morgan fingerprint density at radius 3 is 2.44 bits per heavy atom. The number of piperidine rings is 3. The van der Waals surface area contributed by atoms with E-state index in [4.69, 9.17) is 4.74 Å². The van der Waals surface area contributed by atoms with Gasteiger partial charge in [-0.25, -0.2) is 9.18 Å². The SMILES string of the molecule is O=C(OC1CN2CCC1CC2)c1ccc(F)cc1. The predicted molar refractivity (Wildman–Crippen MR) is 64.8 cm³/mol. The van der Waals surface area contributed by atoms with Crippen LogP contribution in [0.5, 0.6) is 0 Å². The number of benzene rings is 1. The summed E-state index contributed by atoms with van der Waals surface area (Å²) >= 11 is 0. The Morgan fingerprint density at radius 2 is 1.89 bits per heavy atom. The lowest BCUT2D eigenvalue weighted by atomic mass is 9.86. The first-order valence-corrected chi connectivity index (χ1v) is 6.41. The first-order chi connectivity index (χ1) is 8.72. The van der Waals surface area contributed by atoms with Crippen LogP contribution in [0, 0.1) is 11.7 Å². The summed E-state index contributed by atoms with van der Waals surface area (Å²) in [6, 6.07) is 5.51. The first-order valence-electron chi connectivity index (χ1n) is 6.41. The molecule has 1 atom stereocenters. The Hall–Kier alpha value is -1.42. The summed E-state index contributed by atoms with van der Waals surface area (Å²) in [5, 5.41) is 0. The fraction of sp³-hybridized carbons (Fsp3) is 0.500. The number of fused-ring (bicyclic) bond motifs is 3. The van der Waals surface area contributed by atoms with E-state index >= 15 is 0 Å². The molecule has 96 valence electrons. The van der Waals surface area contributed by atoms with E-state index in [2.05, 4.69) is 4.90 Å². The molecule has 0 spiro atoms. The summed E-state index contributed by atoms with van der Waals surface area (Å²) in [6.07, 6.45) is 2.23. The van der Waals surface area contributed by atoms with Gasteiger partial charge in [0, 0.05) is 6.54 Å². The van der Waals surface area contributed by atoms with Gasteiger partial charge in [0.25, 0.3) is 0 Å². The standard InChI is InChI=1S/C14H16FNO2/c15-12-3-1-11(2-4-12)14(17)18-13-9-16-7-5-10(13)6-8-16/h1-4,10,13H,5-9H2. The lowest BCUT2D eigenvalue weighted by molar-refractivity contribution is -0.0455. The van der Waals surface area contributed by atoms with Gasteiger partial charge in [0.2, 0.25) is 0 Å². The third-order valence-electron chi connectivity index (χ3n) is 3.93. The van der Waals surface area contributed by atoms with E-state index in [0.717, 1.165) is 32.5 Å². The van der Waals surface area contributed by atoms with Crippen molar-refractivity contribution in [2.24, 2.45) is 5.92 Å². The Labute approximate surface area is 106 Å². The lowest BCUT2D eigenvalue weighted by Gasteiger charge is -2.43. The van der Waals surface area contributed by atoms with E-state index in [0.29, 0.717) is 11.5 Å². The number of halogens is 1. The molecule has 1 unspecified atom stereocenters. The summed E-state index contributed by atoms with van der Waals surface area (Å²) < 4.78 is 18.3. The quantitative estimate of drug-likeness (QED) is 0.751. The molecule has 3 aliphatic rings. The number of ether oxygens (including phenoxy) is 1. The summed E-state index contributed by atoms with van der Waals surface area (Å²) in [5.74, 6) is -0.178. The van der Waals surface area contributed by atoms with Crippen molar-refractivity contribution in [1.29, 1.82) is 0 Å². The van der Waals surface area contributed by atoms with E-state index in [-0.39, 0.29) is 17.9 Å². The summed E-state index contributed by atoms with van der Waals surface area (Å²) in [4.78, 5) is 14.3. The van der Waals surface area contributed by atoms with Crippen LogP contribution >= 0.6 is 0 Å². The van der Waals surface area contributed by atoms with Crippen LogP contribution in [-0.2, 0) is 4.74 Å². The zero-order valence-corrected chi connectivity index (χ0v) is 10.1. The van der Waals surface area contributed by atoms with Gasteiger partial charge in [0.1, 0.15) is 11.9 Å². The van der Waals surface area contributed by atoms with Crippen molar-refractivity contribution in [1.82, 2.24) is 4.90 Å². The number of hydrogen-bond donors (Lipinski definition) is 0. The molecule has 3 fully saturated rings. The average molecular weight is 249 g/mol. The largest absolute Gasteiger partial charge is 0.457 e. The van der Waals surface area contributed by atoms with E-state index < -0.39 is 0 Å². The van der Waals surface area contributed by atoms with Crippen molar-refractivity contribution in [2.75, 3.05) is 19.6 Å². The predicted octanol–water partition coefficient (Wildman–Crippen LogP) is 2.08. The Kier molecular flexibility index (Phi) is 3.04. The minimum absolute atomic E-state index is 0.00468. The minimum atomic E-state index is -0.339. The van der Waals surface area contributed by atoms with Gasteiger partial charge in [-0.15, -0.1) is 0 Å². The third kappa shape index (κ3) is 2.25. The van der Waals surface area contributed by atoms with Crippen LogP contribution < -0.4 is 0 Å². The van der Waals surface area contributed by atoms with Crippen molar-refractivity contribution >= 4 is 5.97 Å². The number of esters is 1. The highest BCUT2D eigenvalue weighted by Gasteiger charge is 2.36. The molecule has 0 amide bonds. The van der Waals surface area contributed by atoms with Gasteiger partial charge >= 0.3 is 5.97 Å². The van der Waals surface area contributed by atoms with Crippen LogP contribution in [0.15, 0.2) is 24.3 Å². The number of rotatable bonds is 2. The van der Waals surface area contributed by atoms with Crippen LogP contribution in [0.3, 0.4) is 0 Å². The highest BCUT2D eigenvalue weighted by atomic mass is 19.1. The smallest absolute Gasteiger partial charge is 0.338 e. The molecular weight excluding hydrogens is 233 g/mol. The monoisotopic (exact) mass is 249 g/mol. The van der Waals surface area contributed by atoms with E-state index in [1.54, 1.807) is 0 Å². The van der Waals surface area contributed by atoms with Crippen molar-refractivity contribution in [3.63, 3.8) is 0 Å². The molecule has 0 saturated carbocycles. The molecule has 1 aromatic rings. The number of carbonyl (C=O) groups excluding carboxylic acids is 1. The normalized spacial score (nSPS) is 30.2. The third-order valence-corrected chi connectivity index (χ3v) is 3.93. The molecule has 3 aliphatic heterocycles. The zero-order valence-electron chi connectivity index (χ0n) is 10.1. The fourth-order valence-corrected chi connectivity index (χ4v) is 2.84. The van der Waals surface area contributed by atoms with E-state index in [1.165, 1.54) is 24.3 Å². The maximum atomic E-state index is 12.8. The number of nitrogens with zero attached hydrogens (tertiary/aromatic N) is 1. The maximum absolute atomic E-state index is 12.8. The van der Waals surface area contributed by atoms with Gasteiger partial charge < -0.3 is 4.74 Å². The molecule has 0 N–H and O–H groups in total. The fourth-order valence-electron chi connectivity index (χ4n) is 2.84. The van der Waals surface area contributed by atoms with E-state index in [1.807, 2.05) is 0 Å². The Balaban J connectivity index is 1.66. The van der Waals surface area contributed by atoms with E-state index in [9.17, 15) is 9.18 Å². The van der Waals surface area contributed by atoms with Gasteiger partial charge in [0.15, 0.2) is 0 Å². The lowest BCUT2D eigenvalue weighted by Crippen LogP contribution is -2.51. The van der Waals surface area contributed by atoms with Gasteiger partial charge in [-0.2, -0.15) is 0 Å². The Bertz CT molecular complexity index is 438. The molecule has 0 radical (unpaired) electrons. The van der Waals surface area contributed by atoms with Crippen molar-refractivity contribution < 1.29 is 13.9 Å². The second-order valence-corrected chi connectivity index (χ2v) is 5.09. The molecule has 4 heteroatoms. The molecule has 3 heterocycles. The highest BCUT2D eigenvalue weighted by Crippen LogP contribution is 2.30. The second-order valence-electron chi connectivity index (χ2n) is 5.09. The van der Waals surface area contributed by atoms with Crippen molar-refractivity contribution in [2.45, 2.75) is 18.9 Å². The van der Waals surface area contributed by atoms with Gasteiger partial charge in [-0.1, -0.05) is 0 Å².